The number of sulfone groups is 1. The molecule has 0 spiro atoms. The molecule has 1 aliphatic carbocycles. The molecule has 0 radical (unpaired) electrons. The summed E-state index contributed by atoms with van der Waals surface area (Å²) in [5, 5.41) is 15.0. The molecule has 1 aliphatic rings. The van der Waals surface area contributed by atoms with Gasteiger partial charge in [-0.1, -0.05) is 16.8 Å². The first-order valence-corrected chi connectivity index (χ1v) is 10.3. The standard InChI is InChI=1S/C16H14ClN5O4S/c1-27(24,25)13-5-4-10(14(17)12(13)7-22-19-8-18-21-22)15(23)11-6-20-26-16(11)9-2-3-9/h4-6,8-9H,2-3,7H2,1H3. The van der Waals surface area contributed by atoms with Gasteiger partial charge >= 0.3 is 0 Å². The fourth-order valence-corrected chi connectivity index (χ4v) is 4.18. The molecule has 11 heteroatoms. The van der Waals surface area contributed by atoms with Crippen molar-refractivity contribution >= 4 is 27.2 Å². The number of halogens is 1. The van der Waals surface area contributed by atoms with Gasteiger partial charge < -0.3 is 4.52 Å². The molecule has 0 saturated heterocycles. The molecule has 0 unspecified atom stereocenters. The van der Waals surface area contributed by atoms with Crippen LogP contribution in [-0.2, 0) is 16.4 Å². The normalized spacial score (nSPS) is 14.4. The minimum absolute atomic E-state index is 0.00841. The predicted octanol–water partition coefficient (Wildman–Crippen LogP) is 1.87. The molecular weight excluding hydrogens is 394 g/mol. The van der Waals surface area contributed by atoms with Crippen LogP contribution in [-0.4, -0.2) is 45.8 Å². The van der Waals surface area contributed by atoms with E-state index in [0.29, 0.717) is 11.3 Å². The molecule has 1 saturated carbocycles. The average Bonchev–Trinajstić information content (AvgIpc) is 3.12. The van der Waals surface area contributed by atoms with Crippen LogP contribution in [0.1, 0.15) is 46.0 Å². The molecule has 140 valence electrons. The number of hydrogen-bond acceptors (Lipinski definition) is 8. The van der Waals surface area contributed by atoms with Gasteiger partial charge in [0.15, 0.2) is 27.7 Å². The number of tetrazole rings is 1. The molecular formula is C16H14ClN5O4S. The molecule has 1 aromatic carbocycles. The van der Waals surface area contributed by atoms with Gasteiger partial charge in [-0.05, 0) is 30.2 Å². The molecule has 3 aromatic rings. The SMILES string of the molecule is CS(=O)(=O)c1ccc(C(=O)c2cnoc2C2CC2)c(Cl)c1Cn1ncnn1. The second-order valence-electron chi connectivity index (χ2n) is 6.35. The second kappa shape index (κ2) is 6.54. The lowest BCUT2D eigenvalue weighted by molar-refractivity contribution is 0.103. The molecule has 4 rings (SSSR count). The zero-order valence-corrected chi connectivity index (χ0v) is 15.7. The molecule has 1 fully saturated rings. The highest BCUT2D eigenvalue weighted by molar-refractivity contribution is 7.90. The summed E-state index contributed by atoms with van der Waals surface area (Å²) >= 11 is 6.47. The van der Waals surface area contributed by atoms with Gasteiger partial charge in [0.1, 0.15) is 0 Å². The monoisotopic (exact) mass is 407 g/mol. The van der Waals surface area contributed by atoms with Crippen molar-refractivity contribution in [1.82, 2.24) is 25.4 Å². The van der Waals surface area contributed by atoms with Crippen molar-refractivity contribution < 1.29 is 17.7 Å². The Bertz CT molecular complexity index is 1120. The summed E-state index contributed by atoms with van der Waals surface area (Å²) in [6, 6.07) is 2.77. The number of hydrogen-bond donors (Lipinski definition) is 0. The number of aromatic nitrogens is 5. The van der Waals surface area contributed by atoms with E-state index in [1.54, 1.807) is 0 Å². The van der Waals surface area contributed by atoms with Crippen LogP contribution in [0.2, 0.25) is 5.02 Å². The fourth-order valence-electron chi connectivity index (χ4n) is 2.88. The number of nitrogens with zero attached hydrogens (tertiary/aromatic N) is 5. The van der Waals surface area contributed by atoms with Gasteiger partial charge in [-0.15, -0.1) is 10.2 Å². The topological polar surface area (TPSA) is 121 Å². The molecule has 0 N–H and O–H groups in total. The Morgan fingerprint density at radius 2 is 2.11 bits per heavy atom. The van der Waals surface area contributed by atoms with Crippen molar-refractivity contribution in [2.24, 2.45) is 0 Å². The summed E-state index contributed by atoms with van der Waals surface area (Å²) in [7, 11) is -3.58. The quantitative estimate of drug-likeness (QED) is 0.568. The van der Waals surface area contributed by atoms with E-state index in [1.807, 2.05) is 0 Å². The van der Waals surface area contributed by atoms with Crippen LogP contribution >= 0.6 is 11.6 Å². The smallest absolute Gasteiger partial charge is 0.199 e. The van der Waals surface area contributed by atoms with E-state index >= 15 is 0 Å². The molecule has 0 aliphatic heterocycles. The Kier molecular flexibility index (Phi) is 4.31. The number of carbonyl (C=O) groups is 1. The van der Waals surface area contributed by atoms with Gasteiger partial charge in [0.2, 0.25) is 0 Å². The zero-order valence-electron chi connectivity index (χ0n) is 14.2. The van der Waals surface area contributed by atoms with Crippen LogP contribution in [0.25, 0.3) is 0 Å². The van der Waals surface area contributed by atoms with E-state index in [4.69, 9.17) is 16.1 Å². The van der Waals surface area contributed by atoms with Gasteiger partial charge in [0.05, 0.1) is 28.2 Å². The first-order chi connectivity index (χ1) is 12.9. The molecule has 0 amide bonds. The minimum Gasteiger partial charge on any atom is -0.360 e. The summed E-state index contributed by atoms with van der Waals surface area (Å²) in [5.41, 5.74) is 0.744. The summed E-state index contributed by atoms with van der Waals surface area (Å²) in [5.74, 6) is 0.373. The summed E-state index contributed by atoms with van der Waals surface area (Å²) in [6.07, 6.45) is 5.56. The lowest BCUT2D eigenvalue weighted by Gasteiger charge is -2.13. The second-order valence-corrected chi connectivity index (χ2v) is 8.71. The summed E-state index contributed by atoms with van der Waals surface area (Å²) in [6.45, 7) is -0.0402. The highest BCUT2D eigenvalue weighted by Gasteiger charge is 2.33. The Balaban J connectivity index is 1.82. The minimum atomic E-state index is -3.58. The maximum Gasteiger partial charge on any atom is 0.199 e. The Morgan fingerprint density at radius 3 is 2.74 bits per heavy atom. The molecule has 2 heterocycles. The number of ketones is 1. The van der Waals surface area contributed by atoms with Crippen LogP contribution in [0.3, 0.4) is 0 Å². The number of rotatable bonds is 6. The number of carbonyl (C=O) groups excluding carboxylic acids is 1. The summed E-state index contributed by atoms with van der Waals surface area (Å²) < 4.78 is 29.5. The van der Waals surface area contributed by atoms with Crippen LogP contribution in [0.4, 0.5) is 0 Å². The van der Waals surface area contributed by atoms with Crippen LogP contribution in [0.15, 0.2) is 34.1 Å². The van der Waals surface area contributed by atoms with Crippen molar-refractivity contribution in [3.63, 3.8) is 0 Å². The molecule has 0 bridgehead atoms. The number of benzene rings is 1. The Labute approximate surface area is 159 Å². The van der Waals surface area contributed by atoms with Gasteiger partial charge in [-0.2, -0.15) is 4.80 Å². The largest absolute Gasteiger partial charge is 0.360 e. The van der Waals surface area contributed by atoms with E-state index < -0.39 is 9.84 Å². The van der Waals surface area contributed by atoms with Crippen LogP contribution in [0.5, 0.6) is 0 Å². The lowest BCUT2D eigenvalue weighted by atomic mass is 10.0. The highest BCUT2D eigenvalue weighted by Crippen LogP contribution is 2.42. The van der Waals surface area contributed by atoms with Gasteiger partial charge in [0.25, 0.3) is 0 Å². The van der Waals surface area contributed by atoms with Crippen molar-refractivity contribution in [2.45, 2.75) is 30.2 Å². The van der Waals surface area contributed by atoms with Crippen molar-refractivity contribution in [1.29, 1.82) is 0 Å². The van der Waals surface area contributed by atoms with E-state index in [9.17, 15) is 13.2 Å². The Hall–Kier alpha value is -2.59. The predicted molar refractivity (Wildman–Crippen MR) is 93.4 cm³/mol. The van der Waals surface area contributed by atoms with Crippen molar-refractivity contribution in [3.8, 4) is 0 Å². The average molecular weight is 408 g/mol. The molecule has 0 atom stereocenters. The van der Waals surface area contributed by atoms with Gasteiger partial charge in [-0.3, -0.25) is 4.79 Å². The van der Waals surface area contributed by atoms with Gasteiger partial charge in [-0.25, -0.2) is 8.42 Å². The summed E-state index contributed by atoms with van der Waals surface area (Å²) in [4.78, 5) is 14.2. The van der Waals surface area contributed by atoms with E-state index in [2.05, 4.69) is 20.6 Å². The maximum atomic E-state index is 13.0. The van der Waals surface area contributed by atoms with E-state index in [-0.39, 0.29) is 39.3 Å². The highest BCUT2D eigenvalue weighted by atomic mass is 35.5. The maximum absolute atomic E-state index is 13.0. The van der Waals surface area contributed by atoms with Crippen LogP contribution < -0.4 is 0 Å². The third-order valence-corrected chi connectivity index (χ3v) is 5.94. The fraction of sp³-hybridized carbons (Fsp3) is 0.312. The third kappa shape index (κ3) is 3.37. The first-order valence-electron chi connectivity index (χ1n) is 8.07. The first kappa shape index (κ1) is 17.8. The Morgan fingerprint density at radius 1 is 1.33 bits per heavy atom. The molecule has 2 aromatic heterocycles. The van der Waals surface area contributed by atoms with Crippen molar-refractivity contribution in [3.05, 3.63) is 52.1 Å². The lowest BCUT2D eigenvalue weighted by Crippen LogP contribution is -2.13. The van der Waals surface area contributed by atoms with Crippen LogP contribution in [0, 0.1) is 0 Å². The third-order valence-electron chi connectivity index (χ3n) is 4.33. The van der Waals surface area contributed by atoms with E-state index in [1.165, 1.54) is 29.5 Å². The van der Waals surface area contributed by atoms with Crippen molar-refractivity contribution in [2.75, 3.05) is 6.26 Å². The molecule has 9 nitrogen and oxygen atoms in total. The van der Waals surface area contributed by atoms with E-state index in [0.717, 1.165) is 19.1 Å². The van der Waals surface area contributed by atoms with Gasteiger partial charge in [0, 0.05) is 23.3 Å². The molecule has 27 heavy (non-hydrogen) atoms. The zero-order chi connectivity index (χ0) is 19.2.